The zero-order chi connectivity index (χ0) is 25.1. The SMILES string of the molecule is COCC(C)(C)c1c([C@@H]2CC[C@@](O)(C(=O)O)C2)c2cc3[nH]ncc3cc2n1-c1ccc(F)c(F)c1. The molecule has 1 fully saturated rings. The maximum atomic E-state index is 14.4. The van der Waals surface area contributed by atoms with Crippen LogP contribution in [0.2, 0.25) is 0 Å². The number of aliphatic carboxylic acids is 1. The standard InChI is InChI=1S/C26H27F2N3O4/c1-25(2,13-35-3)23-22(14-6-7-26(34,11-14)24(32)33)17-10-20-15(12-29-30-20)8-21(17)31(23)16-4-5-18(27)19(28)9-16/h4-5,8-10,12,14,34H,6-7,11,13H2,1-3H3,(H,29,30)(H,32,33)/t14-,26+/m1/s1. The number of H-pyrrole nitrogens is 1. The highest BCUT2D eigenvalue weighted by Crippen LogP contribution is 2.49. The number of ether oxygens (including phenoxy) is 1. The molecule has 0 radical (unpaired) electrons. The molecule has 5 rings (SSSR count). The number of nitrogens with zero attached hydrogens (tertiary/aromatic N) is 2. The molecule has 0 bridgehead atoms. The molecule has 3 N–H and O–H groups in total. The number of methoxy groups -OCH3 is 1. The first-order chi connectivity index (χ1) is 16.6. The summed E-state index contributed by atoms with van der Waals surface area (Å²) in [6.07, 6.45) is 2.34. The molecule has 1 saturated carbocycles. The minimum Gasteiger partial charge on any atom is -0.479 e. The number of nitrogens with one attached hydrogen (secondary N) is 1. The molecule has 1 aliphatic carbocycles. The summed E-state index contributed by atoms with van der Waals surface area (Å²) >= 11 is 0. The van der Waals surface area contributed by atoms with Gasteiger partial charge in [-0.05, 0) is 55.0 Å². The smallest absolute Gasteiger partial charge is 0.335 e. The maximum Gasteiger partial charge on any atom is 0.335 e. The van der Waals surface area contributed by atoms with Crippen molar-refractivity contribution in [3.8, 4) is 5.69 Å². The van der Waals surface area contributed by atoms with E-state index < -0.39 is 28.6 Å². The normalized spacial score (nSPS) is 20.8. The highest BCUT2D eigenvalue weighted by Gasteiger charge is 2.47. The van der Waals surface area contributed by atoms with Gasteiger partial charge in [-0.2, -0.15) is 5.10 Å². The second kappa shape index (κ2) is 8.13. The summed E-state index contributed by atoms with van der Waals surface area (Å²) in [6, 6.07) is 7.67. The van der Waals surface area contributed by atoms with Crippen molar-refractivity contribution in [3.63, 3.8) is 0 Å². The average Bonchev–Trinajstić information content (AvgIpc) is 3.50. The van der Waals surface area contributed by atoms with Crippen LogP contribution in [0.1, 0.15) is 50.3 Å². The molecular formula is C26H27F2N3O4. The first-order valence-electron chi connectivity index (χ1n) is 11.5. The molecule has 4 aromatic rings. The van der Waals surface area contributed by atoms with Crippen LogP contribution < -0.4 is 0 Å². The van der Waals surface area contributed by atoms with Gasteiger partial charge in [-0.3, -0.25) is 5.10 Å². The lowest BCUT2D eigenvalue weighted by atomic mass is 9.81. The van der Waals surface area contributed by atoms with Gasteiger partial charge in [-0.15, -0.1) is 0 Å². The van der Waals surface area contributed by atoms with E-state index in [0.29, 0.717) is 18.7 Å². The van der Waals surface area contributed by atoms with Crippen LogP contribution in [0.15, 0.2) is 36.5 Å². The molecular weight excluding hydrogens is 456 g/mol. The first-order valence-corrected chi connectivity index (χ1v) is 11.5. The Hall–Kier alpha value is -3.30. The number of aromatic nitrogens is 3. The third-order valence-corrected chi connectivity index (χ3v) is 7.17. The molecule has 0 spiro atoms. The first kappa shape index (κ1) is 23.4. The van der Waals surface area contributed by atoms with Crippen LogP contribution in [0.3, 0.4) is 0 Å². The Bertz CT molecular complexity index is 1460. The van der Waals surface area contributed by atoms with Gasteiger partial charge in [0.2, 0.25) is 0 Å². The lowest BCUT2D eigenvalue weighted by molar-refractivity contribution is -0.157. The Balaban J connectivity index is 1.88. The molecule has 184 valence electrons. The predicted molar refractivity (Wildman–Crippen MR) is 127 cm³/mol. The van der Waals surface area contributed by atoms with Crippen molar-refractivity contribution in [3.05, 3.63) is 59.4 Å². The Kier molecular flexibility index (Phi) is 5.45. The van der Waals surface area contributed by atoms with Crippen molar-refractivity contribution < 1.29 is 28.5 Å². The zero-order valence-corrected chi connectivity index (χ0v) is 19.7. The van der Waals surface area contributed by atoms with Gasteiger partial charge < -0.3 is 19.5 Å². The summed E-state index contributed by atoms with van der Waals surface area (Å²) in [5.41, 5.74) is 1.26. The number of hydrogen-bond acceptors (Lipinski definition) is 4. The number of rotatable bonds is 6. The number of halogens is 2. The maximum absolute atomic E-state index is 14.4. The molecule has 0 saturated heterocycles. The fraction of sp³-hybridized carbons (Fsp3) is 0.385. The van der Waals surface area contributed by atoms with E-state index in [4.69, 9.17) is 4.74 Å². The van der Waals surface area contributed by atoms with Gasteiger partial charge in [-0.1, -0.05) is 13.8 Å². The lowest BCUT2D eigenvalue weighted by Gasteiger charge is -2.30. The topological polar surface area (TPSA) is 100 Å². The molecule has 2 atom stereocenters. The summed E-state index contributed by atoms with van der Waals surface area (Å²) in [5.74, 6) is -3.41. The number of fused-ring (bicyclic) bond motifs is 2. The van der Waals surface area contributed by atoms with Gasteiger partial charge in [0.1, 0.15) is 0 Å². The van der Waals surface area contributed by atoms with E-state index in [1.54, 1.807) is 13.3 Å². The molecule has 9 heteroatoms. The number of carboxylic acids is 1. The van der Waals surface area contributed by atoms with Gasteiger partial charge in [0.25, 0.3) is 0 Å². The van der Waals surface area contributed by atoms with Crippen molar-refractivity contribution in [2.45, 2.75) is 50.0 Å². The Morgan fingerprint density at radius 2 is 2.06 bits per heavy atom. The summed E-state index contributed by atoms with van der Waals surface area (Å²) in [5, 5.41) is 29.2. The largest absolute Gasteiger partial charge is 0.479 e. The predicted octanol–water partition coefficient (Wildman–Crippen LogP) is 4.79. The second-order valence-corrected chi connectivity index (χ2v) is 10.1. The number of carboxylic acid groups (broad SMARTS) is 1. The Morgan fingerprint density at radius 1 is 1.29 bits per heavy atom. The number of carbonyl (C=O) groups is 1. The highest BCUT2D eigenvalue weighted by atomic mass is 19.2. The van der Waals surface area contributed by atoms with Crippen LogP contribution in [0.4, 0.5) is 8.78 Å². The van der Waals surface area contributed by atoms with Gasteiger partial charge in [0.05, 0.1) is 23.8 Å². The number of benzene rings is 2. The molecule has 2 aromatic heterocycles. The number of aromatic amines is 1. The van der Waals surface area contributed by atoms with Crippen LogP contribution in [-0.4, -0.2) is 50.3 Å². The van der Waals surface area contributed by atoms with Crippen LogP contribution in [-0.2, 0) is 14.9 Å². The minimum absolute atomic E-state index is 0.0519. The van der Waals surface area contributed by atoms with Crippen molar-refractivity contribution >= 4 is 27.8 Å². The molecule has 0 aliphatic heterocycles. The molecule has 35 heavy (non-hydrogen) atoms. The average molecular weight is 484 g/mol. The van der Waals surface area contributed by atoms with Gasteiger partial charge in [-0.25, -0.2) is 13.6 Å². The second-order valence-electron chi connectivity index (χ2n) is 10.1. The lowest BCUT2D eigenvalue weighted by Crippen LogP contribution is -2.35. The summed E-state index contributed by atoms with van der Waals surface area (Å²) in [7, 11) is 1.60. The van der Waals surface area contributed by atoms with E-state index in [-0.39, 0.29) is 18.8 Å². The molecule has 7 nitrogen and oxygen atoms in total. The van der Waals surface area contributed by atoms with E-state index in [0.717, 1.165) is 45.2 Å². The summed E-state index contributed by atoms with van der Waals surface area (Å²) in [6.45, 7) is 4.32. The Labute approximate surface area is 200 Å². The quantitative estimate of drug-likeness (QED) is 0.366. The fourth-order valence-electron chi connectivity index (χ4n) is 5.62. The van der Waals surface area contributed by atoms with E-state index in [2.05, 4.69) is 10.2 Å². The number of hydrogen-bond donors (Lipinski definition) is 3. The molecule has 2 heterocycles. The fourth-order valence-corrected chi connectivity index (χ4v) is 5.62. The van der Waals surface area contributed by atoms with Gasteiger partial charge in [0, 0.05) is 40.7 Å². The van der Waals surface area contributed by atoms with E-state index in [1.165, 1.54) is 6.07 Å². The third kappa shape index (κ3) is 3.70. The third-order valence-electron chi connectivity index (χ3n) is 7.17. The highest BCUT2D eigenvalue weighted by molar-refractivity contribution is 5.99. The van der Waals surface area contributed by atoms with Gasteiger partial charge >= 0.3 is 5.97 Å². The minimum atomic E-state index is -1.82. The van der Waals surface area contributed by atoms with Crippen LogP contribution in [0, 0.1) is 11.6 Å². The molecule has 0 amide bonds. The Morgan fingerprint density at radius 3 is 2.71 bits per heavy atom. The van der Waals surface area contributed by atoms with Crippen LogP contribution in [0.25, 0.3) is 27.5 Å². The van der Waals surface area contributed by atoms with Crippen LogP contribution >= 0.6 is 0 Å². The van der Waals surface area contributed by atoms with E-state index in [1.807, 2.05) is 30.5 Å². The van der Waals surface area contributed by atoms with E-state index in [9.17, 15) is 23.8 Å². The van der Waals surface area contributed by atoms with Crippen molar-refractivity contribution in [1.82, 2.24) is 14.8 Å². The van der Waals surface area contributed by atoms with Crippen molar-refractivity contribution in [2.24, 2.45) is 0 Å². The molecule has 1 aliphatic rings. The van der Waals surface area contributed by atoms with Gasteiger partial charge in [0.15, 0.2) is 17.2 Å². The van der Waals surface area contributed by atoms with E-state index >= 15 is 0 Å². The van der Waals surface area contributed by atoms with Crippen molar-refractivity contribution in [2.75, 3.05) is 13.7 Å². The summed E-state index contributed by atoms with van der Waals surface area (Å²) < 4.78 is 35.7. The molecule has 0 unspecified atom stereocenters. The number of aliphatic hydroxyl groups is 1. The molecule has 2 aromatic carbocycles. The van der Waals surface area contributed by atoms with Crippen molar-refractivity contribution in [1.29, 1.82) is 0 Å². The monoisotopic (exact) mass is 483 g/mol. The summed E-state index contributed by atoms with van der Waals surface area (Å²) in [4.78, 5) is 11.8. The van der Waals surface area contributed by atoms with Crippen LogP contribution in [0.5, 0.6) is 0 Å². The zero-order valence-electron chi connectivity index (χ0n) is 19.7.